The van der Waals surface area contributed by atoms with Crippen LogP contribution in [0.15, 0.2) is 60.7 Å². The van der Waals surface area contributed by atoms with Crippen LogP contribution in [0, 0.1) is 0 Å². The maximum Gasteiger partial charge on any atom is 0.261 e. The maximum absolute atomic E-state index is 13.4. The molecule has 0 atom stereocenters. The smallest absolute Gasteiger partial charge is 0.261 e. The van der Waals surface area contributed by atoms with E-state index >= 15 is 0 Å². The Kier molecular flexibility index (Phi) is 4.70. The minimum Gasteiger partial charge on any atom is -0.477 e. The van der Waals surface area contributed by atoms with Gasteiger partial charge in [0.25, 0.3) is 5.91 Å². The van der Waals surface area contributed by atoms with E-state index < -0.39 is 0 Å². The molecule has 0 radical (unpaired) electrons. The van der Waals surface area contributed by atoms with Crippen LogP contribution in [0.25, 0.3) is 11.3 Å². The summed E-state index contributed by atoms with van der Waals surface area (Å²) in [4.78, 5) is 23.8. The molecule has 2 heterocycles. The van der Waals surface area contributed by atoms with Crippen molar-refractivity contribution in [2.75, 3.05) is 18.9 Å². The average Bonchev–Trinajstić information content (AvgIpc) is 2.70. The highest BCUT2D eigenvalue weighted by atomic mass is 16.5. The molecule has 0 saturated carbocycles. The number of carbonyl (C=O) groups excluding carboxylic acids is 1. The molecule has 0 bridgehead atoms. The van der Waals surface area contributed by atoms with E-state index in [1.54, 1.807) is 0 Å². The van der Waals surface area contributed by atoms with Gasteiger partial charge in [0.2, 0.25) is 11.8 Å². The number of hydrogen-bond acceptors (Lipinski definition) is 5. The van der Waals surface area contributed by atoms with Crippen LogP contribution in [0.4, 0.5) is 5.95 Å². The molecule has 0 aliphatic carbocycles. The molecular formula is C21H20N4O2. The number of rotatable bonds is 3. The Balaban J connectivity index is 1.79. The quantitative estimate of drug-likeness (QED) is 0.776. The second kappa shape index (κ2) is 7.45. The van der Waals surface area contributed by atoms with Crippen LogP contribution in [0.5, 0.6) is 5.88 Å². The molecule has 27 heavy (non-hydrogen) atoms. The summed E-state index contributed by atoms with van der Waals surface area (Å²) in [6.07, 6.45) is 0.725. The van der Waals surface area contributed by atoms with Gasteiger partial charge in [0.1, 0.15) is 5.56 Å². The zero-order valence-corrected chi connectivity index (χ0v) is 14.8. The molecule has 2 N–H and O–H groups in total. The first-order chi connectivity index (χ1) is 13.2. The standard InChI is InChI=1S/C21H20N4O2/c22-21-23-18(16-10-5-2-6-11-16)17-19(24-21)27-13-7-12-25(20(17)26)14-15-8-3-1-4-9-15/h1-6,8-11H,7,12-14H2,(H2,22,23,24). The van der Waals surface area contributed by atoms with Gasteiger partial charge in [0.15, 0.2) is 0 Å². The molecule has 2 aromatic carbocycles. The van der Waals surface area contributed by atoms with Crippen molar-refractivity contribution in [2.45, 2.75) is 13.0 Å². The third-order valence-electron chi connectivity index (χ3n) is 4.47. The first-order valence-corrected chi connectivity index (χ1v) is 8.91. The number of nitrogen functional groups attached to an aromatic ring is 1. The van der Waals surface area contributed by atoms with Gasteiger partial charge in [-0.3, -0.25) is 4.79 Å². The number of nitrogens with two attached hydrogens (primary N) is 1. The van der Waals surface area contributed by atoms with Gasteiger partial charge in [-0.15, -0.1) is 0 Å². The highest BCUT2D eigenvalue weighted by molar-refractivity contribution is 6.02. The second-order valence-electron chi connectivity index (χ2n) is 6.39. The van der Waals surface area contributed by atoms with Crippen molar-refractivity contribution < 1.29 is 9.53 Å². The van der Waals surface area contributed by atoms with E-state index in [0.717, 1.165) is 17.5 Å². The summed E-state index contributed by atoms with van der Waals surface area (Å²) < 4.78 is 5.76. The fourth-order valence-electron chi connectivity index (χ4n) is 3.20. The third kappa shape index (κ3) is 3.60. The Bertz CT molecular complexity index is 945. The van der Waals surface area contributed by atoms with Gasteiger partial charge in [-0.1, -0.05) is 60.7 Å². The zero-order chi connectivity index (χ0) is 18.6. The Morgan fingerprint density at radius 1 is 1.00 bits per heavy atom. The van der Waals surface area contributed by atoms with E-state index in [2.05, 4.69) is 9.97 Å². The zero-order valence-electron chi connectivity index (χ0n) is 14.8. The summed E-state index contributed by atoms with van der Waals surface area (Å²) in [5.74, 6) is 0.201. The van der Waals surface area contributed by atoms with Crippen molar-refractivity contribution in [1.29, 1.82) is 0 Å². The molecule has 1 amide bonds. The number of aromatic nitrogens is 2. The number of fused-ring (bicyclic) bond motifs is 1. The first kappa shape index (κ1) is 17.0. The van der Waals surface area contributed by atoms with Crippen LogP contribution in [0.1, 0.15) is 22.3 Å². The highest BCUT2D eigenvalue weighted by Crippen LogP contribution is 2.31. The Morgan fingerprint density at radius 2 is 1.70 bits per heavy atom. The van der Waals surface area contributed by atoms with Crippen LogP contribution in [-0.4, -0.2) is 33.9 Å². The van der Waals surface area contributed by atoms with Gasteiger partial charge in [0, 0.05) is 18.7 Å². The van der Waals surface area contributed by atoms with Gasteiger partial charge in [-0.05, 0) is 12.0 Å². The Labute approximate surface area is 157 Å². The number of ether oxygens (including phenoxy) is 1. The minimum absolute atomic E-state index is 0.0931. The van der Waals surface area contributed by atoms with E-state index in [-0.39, 0.29) is 17.7 Å². The lowest BCUT2D eigenvalue weighted by Crippen LogP contribution is -2.35. The van der Waals surface area contributed by atoms with Gasteiger partial charge >= 0.3 is 0 Å². The predicted molar refractivity (Wildman–Crippen MR) is 103 cm³/mol. The molecule has 0 spiro atoms. The lowest BCUT2D eigenvalue weighted by atomic mass is 10.0. The molecule has 0 saturated heterocycles. The number of hydrogen-bond donors (Lipinski definition) is 1. The van der Waals surface area contributed by atoms with Crippen LogP contribution < -0.4 is 10.5 Å². The summed E-state index contributed by atoms with van der Waals surface area (Å²) in [5, 5.41) is 0. The number of carbonyl (C=O) groups is 1. The summed E-state index contributed by atoms with van der Waals surface area (Å²) in [7, 11) is 0. The van der Waals surface area contributed by atoms with Gasteiger partial charge in [-0.2, -0.15) is 4.98 Å². The molecule has 1 aliphatic rings. The monoisotopic (exact) mass is 360 g/mol. The third-order valence-corrected chi connectivity index (χ3v) is 4.47. The van der Waals surface area contributed by atoms with Crippen LogP contribution in [-0.2, 0) is 6.54 Å². The Hall–Kier alpha value is -3.41. The second-order valence-corrected chi connectivity index (χ2v) is 6.39. The molecule has 3 aromatic rings. The van der Waals surface area contributed by atoms with Crippen molar-refractivity contribution in [1.82, 2.24) is 14.9 Å². The molecule has 6 nitrogen and oxygen atoms in total. The lowest BCUT2D eigenvalue weighted by Gasteiger charge is -2.27. The average molecular weight is 360 g/mol. The van der Waals surface area contributed by atoms with Gasteiger partial charge < -0.3 is 15.4 Å². The largest absolute Gasteiger partial charge is 0.477 e. The molecular weight excluding hydrogens is 340 g/mol. The summed E-state index contributed by atoms with van der Waals surface area (Å²) in [6, 6.07) is 19.4. The van der Waals surface area contributed by atoms with E-state index in [0.29, 0.717) is 31.0 Å². The number of anilines is 1. The molecule has 136 valence electrons. The van der Waals surface area contributed by atoms with Crippen molar-refractivity contribution in [3.63, 3.8) is 0 Å². The van der Waals surface area contributed by atoms with Crippen molar-refractivity contribution in [2.24, 2.45) is 0 Å². The van der Waals surface area contributed by atoms with Crippen LogP contribution in [0.3, 0.4) is 0 Å². The van der Waals surface area contributed by atoms with Gasteiger partial charge in [0.05, 0.1) is 12.3 Å². The van der Waals surface area contributed by atoms with E-state index in [1.165, 1.54) is 0 Å². The lowest BCUT2D eigenvalue weighted by molar-refractivity contribution is 0.0711. The SMILES string of the molecule is Nc1nc2c(c(-c3ccccc3)n1)C(=O)N(Cc1ccccc1)CCCO2. The predicted octanol–water partition coefficient (Wildman–Crippen LogP) is 3.15. The number of benzene rings is 2. The van der Waals surface area contributed by atoms with Crippen LogP contribution in [0.2, 0.25) is 0 Å². The molecule has 0 unspecified atom stereocenters. The number of amides is 1. The van der Waals surface area contributed by atoms with Crippen LogP contribution >= 0.6 is 0 Å². The fourth-order valence-corrected chi connectivity index (χ4v) is 3.20. The van der Waals surface area contributed by atoms with E-state index in [9.17, 15) is 4.79 Å². The topological polar surface area (TPSA) is 81.3 Å². The molecule has 6 heteroatoms. The van der Waals surface area contributed by atoms with Crippen molar-refractivity contribution >= 4 is 11.9 Å². The summed E-state index contributed by atoms with van der Waals surface area (Å²) in [5.41, 5.74) is 8.64. The summed E-state index contributed by atoms with van der Waals surface area (Å²) >= 11 is 0. The van der Waals surface area contributed by atoms with Crippen molar-refractivity contribution in [3.05, 3.63) is 71.8 Å². The first-order valence-electron chi connectivity index (χ1n) is 8.91. The summed E-state index contributed by atoms with van der Waals surface area (Å²) in [6.45, 7) is 1.60. The normalized spacial score (nSPS) is 14.1. The van der Waals surface area contributed by atoms with E-state index in [4.69, 9.17) is 10.5 Å². The molecule has 4 rings (SSSR count). The minimum atomic E-state index is -0.146. The maximum atomic E-state index is 13.4. The van der Waals surface area contributed by atoms with Gasteiger partial charge in [-0.25, -0.2) is 4.98 Å². The molecule has 1 aliphatic heterocycles. The fraction of sp³-hybridized carbons (Fsp3) is 0.190. The number of nitrogens with zero attached hydrogens (tertiary/aromatic N) is 3. The molecule has 1 aromatic heterocycles. The highest BCUT2D eigenvalue weighted by Gasteiger charge is 2.28. The van der Waals surface area contributed by atoms with E-state index in [1.807, 2.05) is 65.6 Å². The van der Waals surface area contributed by atoms with Crippen molar-refractivity contribution in [3.8, 4) is 17.1 Å². The molecule has 0 fully saturated rings. The Morgan fingerprint density at radius 3 is 2.44 bits per heavy atom.